The number of rotatable bonds is 2. The first-order valence-electron chi connectivity index (χ1n) is 7.59. The van der Waals surface area contributed by atoms with Crippen LogP contribution < -0.4 is 10.2 Å². The van der Waals surface area contributed by atoms with Gasteiger partial charge in [0.2, 0.25) is 0 Å². The lowest BCUT2D eigenvalue weighted by Crippen LogP contribution is -2.61. The largest absolute Gasteiger partial charge is 0.365 e. The summed E-state index contributed by atoms with van der Waals surface area (Å²) in [6.07, 6.45) is 1.18. The minimum Gasteiger partial charge on any atom is -0.365 e. The van der Waals surface area contributed by atoms with Crippen molar-refractivity contribution in [3.8, 4) is 0 Å². The second-order valence-electron chi connectivity index (χ2n) is 6.49. The zero-order valence-corrected chi connectivity index (χ0v) is 12.7. The molecule has 2 nitrogen and oxygen atoms in total. The highest BCUT2D eigenvalue weighted by atomic mass is 15.2. The highest BCUT2D eigenvalue weighted by Crippen LogP contribution is 2.28. The van der Waals surface area contributed by atoms with Gasteiger partial charge in [-0.1, -0.05) is 37.3 Å². The van der Waals surface area contributed by atoms with Gasteiger partial charge in [0.1, 0.15) is 0 Å². The van der Waals surface area contributed by atoms with Crippen molar-refractivity contribution in [3.63, 3.8) is 0 Å². The molecule has 2 heteroatoms. The smallest absolute Gasteiger partial charge is 0.0412 e. The Hall–Kier alpha value is -1.54. The van der Waals surface area contributed by atoms with Crippen molar-refractivity contribution >= 4 is 16.5 Å². The fourth-order valence-electron chi connectivity index (χ4n) is 3.14. The lowest BCUT2D eigenvalue weighted by molar-refractivity contribution is 0.306. The van der Waals surface area contributed by atoms with E-state index in [0.717, 1.165) is 13.1 Å². The summed E-state index contributed by atoms with van der Waals surface area (Å²) < 4.78 is 0. The maximum absolute atomic E-state index is 3.65. The second kappa shape index (κ2) is 5.10. The summed E-state index contributed by atoms with van der Waals surface area (Å²) in [4.78, 5) is 2.57. The van der Waals surface area contributed by atoms with E-state index in [1.165, 1.54) is 22.9 Å². The van der Waals surface area contributed by atoms with Crippen molar-refractivity contribution in [2.75, 3.05) is 18.0 Å². The topological polar surface area (TPSA) is 15.3 Å². The third kappa shape index (κ3) is 2.53. The van der Waals surface area contributed by atoms with E-state index in [2.05, 4.69) is 73.5 Å². The third-order valence-electron chi connectivity index (χ3n) is 4.36. The molecule has 1 atom stereocenters. The summed E-state index contributed by atoms with van der Waals surface area (Å²) >= 11 is 0. The summed E-state index contributed by atoms with van der Waals surface area (Å²) in [7, 11) is 0. The molecule has 1 N–H and O–H groups in total. The molecule has 0 bridgehead atoms. The van der Waals surface area contributed by atoms with Gasteiger partial charge >= 0.3 is 0 Å². The van der Waals surface area contributed by atoms with Crippen molar-refractivity contribution in [2.24, 2.45) is 0 Å². The zero-order valence-electron chi connectivity index (χ0n) is 12.7. The fraction of sp³-hybridized carbons (Fsp3) is 0.444. The average molecular weight is 268 g/mol. The molecule has 0 aliphatic carbocycles. The van der Waals surface area contributed by atoms with Crippen LogP contribution >= 0.6 is 0 Å². The minimum atomic E-state index is 0.178. The van der Waals surface area contributed by atoms with Crippen molar-refractivity contribution in [1.29, 1.82) is 0 Å². The van der Waals surface area contributed by atoms with Gasteiger partial charge in [-0.05, 0) is 43.2 Å². The Morgan fingerprint density at radius 1 is 1.15 bits per heavy atom. The fourth-order valence-corrected chi connectivity index (χ4v) is 3.14. The Bertz CT molecular complexity index is 603. The van der Waals surface area contributed by atoms with E-state index >= 15 is 0 Å². The molecule has 0 radical (unpaired) electrons. The second-order valence-corrected chi connectivity index (χ2v) is 6.49. The molecule has 1 unspecified atom stereocenters. The molecular weight excluding hydrogens is 244 g/mol. The monoisotopic (exact) mass is 268 g/mol. The van der Waals surface area contributed by atoms with Crippen LogP contribution in [0, 0.1) is 0 Å². The SMILES string of the molecule is CCC1CNC(C)(C)CN1c1ccc2ccccc2c1. The highest BCUT2D eigenvalue weighted by Gasteiger charge is 2.31. The predicted octanol–water partition coefficient (Wildman–Crippen LogP) is 3.81. The van der Waals surface area contributed by atoms with E-state index in [4.69, 9.17) is 0 Å². The number of benzene rings is 2. The van der Waals surface area contributed by atoms with E-state index in [1.54, 1.807) is 0 Å². The van der Waals surface area contributed by atoms with Crippen molar-refractivity contribution in [3.05, 3.63) is 42.5 Å². The van der Waals surface area contributed by atoms with Gasteiger partial charge < -0.3 is 10.2 Å². The molecule has 0 spiro atoms. The maximum atomic E-state index is 3.65. The van der Waals surface area contributed by atoms with E-state index < -0.39 is 0 Å². The van der Waals surface area contributed by atoms with Crippen LogP contribution in [0.15, 0.2) is 42.5 Å². The molecule has 0 saturated carbocycles. The van der Waals surface area contributed by atoms with Crippen LogP contribution in [-0.2, 0) is 0 Å². The molecule has 106 valence electrons. The summed E-state index contributed by atoms with van der Waals surface area (Å²) in [5.41, 5.74) is 1.53. The van der Waals surface area contributed by atoms with Gasteiger partial charge in [-0.3, -0.25) is 0 Å². The van der Waals surface area contributed by atoms with Crippen LogP contribution in [0.4, 0.5) is 5.69 Å². The standard InChI is InChI=1S/C18H24N2/c1-4-16-12-19-18(2,3)13-20(16)17-10-9-14-7-5-6-8-15(14)11-17/h5-11,16,19H,4,12-13H2,1-3H3. The molecule has 1 aliphatic rings. The molecule has 1 aliphatic heterocycles. The Labute approximate surface area is 121 Å². The molecule has 1 heterocycles. The molecule has 1 saturated heterocycles. The normalized spacial score (nSPS) is 22.1. The van der Waals surface area contributed by atoms with Gasteiger partial charge in [0, 0.05) is 30.4 Å². The molecule has 0 aromatic heterocycles. The third-order valence-corrected chi connectivity index (χ3v) is 4.36. The summed E-state index contributed by atoms with van der Waals surface area (Å²) in [6, 6.07) is 16.0. The summed E-state index contributed by atoms with van der Waals surface area (Å²) in [5, 5.41) is 6.30. The van der Waals surface area contributed by atoms with E-state index in [-0.39, 0.29) is 5.54 Å². The number of anilines is 1. The highest BCUT2D eigenvalue weighted by molar-refractivity contribution is 5.86. The number of fused-ring (bicyclic) bond motifs is 1. The van der Waals surface area contributed by atoms with E-state index in [0.29, 0.717) is 6.04 Å². The van der Waals surface area contributed by atoms with E-state index in [1.807, 2.05) is 0 Å². The average Bonchev–Trinajstić information content (AvgIpc) is 2.46. The van der Waals surface area contributed by atoms with Crippen LogP contribution in [0.3, 0.4) is 0 Å². The first kappa shape index (κ1) is 13.4. The Kier molecular flexibility index (Phi) is 3.43. The maximum Gasteiger partial charge on any atom is 0.0412 e. The molecule has 20 heavy (non-hydrogen) atoms. The first-order chi connectivity index (χ1) is 9.59. The number of piperazine rings is 1. The molecule has 1 fully saturated rings. The summed E-state index contributed by atoms with van der Waals surface area (Å²) in [5.74, 6) is 0. The van der Waals surface area contributed by atoms with Gasteiger partial charge in [-0.15, -0.1) is 0 Å². The molecular formula is C18H24N2. The molecule has 0 amide bonds. The number of nitrogens with zero attached hydrogens (tertiary/aromatic N) is 1. The van der Waals surface area contributed by atoms with Gasteiger partial charge in [-0.2, -0.15) is 0 Å². The Morgan fingerprint density at radius 3 is 2.65 bits per heavy atom. The Balaban J connectivity index is 1.98. The Morgan fingerprint density at radius 2 is 1.90 bits per heavy atom. The number of hydrogen-bond acceptors (Lipinski definition) is 2. The zero-order chi connectivity index (χ0) is 14.2. The lowest BCUT2D eigenvalue weighted by atomic mass is 9.96. The number of hydrogen-bond donors (Lipinski definition) is 1. The molecule has 2 aromatic carbocycles. The van der Waals surface area contributed by atoms with Crippen LogP contribution in [0.1, 0.15) is 27.2 Å². The van der Waals surface area contributed by atoms with Gasteiger partial charge in [0.15, 0.2) is 0 Å². The van der Waals surface area contributed by atoms with Crippen LogP contribution in [0.5, 0.6) is 0 Å². The van der Waals surface area contributed by atoms with Gasteiger partial charge in [0.25, 0.3) is 0 Å². The first-order valence-corrected chi connectivity index (χ1v) is 7.59. The van der Waals surface area contributed by atoms with Crippen molar-refractivity contribution in [2.45, 2.75) is 38.8 Å². The van der Waals surface area contributed by atoms with E-state index in [9.17, 15) is 0 Å². The molecule has 3 rings (SSSR count). The van der Waals surface area contributed by atoms with Crippen molar-refractivity contribution < 1.29 is 0 Å². The van der Waals surface area contributed by atoms with Gasteiger partial charge in [-0.25, -0.2) is 0 Å². The van der Waals surface area contributed by atoms with Crippen LogP contribution in [0.2, 0.25) is 0 Å². The quantitative estimate of drug-likeness (QED) is 0.891. The predicted molar refractivity (Wildman–Crippen MR) is 87.5 cm³/mol. The number of nitrogens with one attached hydrogen (secondary N) is 1. The lowest BCUT2D eigenvalue weighted by Gasteiger charge is -2.46. The minimum absolute atomic E-state index is 0.178. The summed E-state index contributed by atoms with van der Waals surface area (Å²) in [6.45, 7) is 8.97. The van der Waals surface area contributed by atoms with Crippen LogP contribution in [-0.4, -0.2) is 24.7 Å². The van der Waals surface area contributed by atoms with Gasteiger partial charge in [0.05, 0.1) is 0 Å². The van der Waals surface area contributed by atoms with Crippen molar-refractivity contribution in [1.82, 2.24) is 5.32 Å². The van der Waals surface area contributed by atoms with Crippen LogP contribution in [0.25, 0.3) is 10.8 Å². The molecule has 2 aromatic rings.